The lowest BCUT2D eigenvalue weighted by Crippen LogP contribution is -2.32. The van der Waals surface area contributed by atoms with E-state index in [4.69, 9.17) is 11.5 Å². The minimum atomic E-state index is -0.380. The molecule has 226 valence electrons. The van der Waals surface area contributed by atoms with Crippen molar-refractivity contribution in [3.05, 3.63) is 71.8 Å². The minimum Gasteiger partial charge on any atom is -0.321 e. The number of benzene rings is 2. The monoisotopic (exact) mass is 628 g/mol. The number of halogens is 2. The molecule has 0 radical (unpaired) electrons. The van der Waals surface area contributed by atoms with E-state index < -0.39 is 0 Å². The summed E-state index contributed by atoms with van der Waals surface area (Å²) in [6, 6.07) is 19.3. The van der Waals surface area contributed by atoms with Gasteiger partial charge in [-0.15, -0.1) is 24.8 Å². The Hall–Kier alpha value is -1.02. The number of unbranched alkanes of at least 4 members (excludes halogenated alkanes) is 7. The van der Waals surface area contributed by atoms with Gasteiger partial charge in [0.05, 0.1) is 12.1 Å². The number of carbonyl (C=O) groups excluding carboxylic acids is 2. The van der Waals surface area contributed by atoms with Gasteiger partial charge in [0.15, 0.2) is 11.6 Å². The predicted molar refractivity (Wildman–Crippen MR) is 182 cm³/mol. The first-order valence-corrected chi connectivity index (χ1v) is 16.7. The molecule has 2 rings (SSSR count). The first kappa shape index (κ1) is 39.0. The molecule has 2 aromatic carbocycles. The van der Waals surface area contributed by atoms with Gasteiger partial charge < -0.3 is 11.5 Å². The molecule has 0 aliphatic carbocycles. The van der Waals surface area contributed by atoms with Gasteiger partial charge in [-0.05, 0) is 48.3 Å². The third-order valence-electron chi connectivity index (χ3n) is 6.74. The summed E-state index contributed by atoms with van der Waals surface area (Å²) < 4.78 is 0. The summed E-state index contributed by atoms with van der Waals surface area (Å²) in [6.45, 7) is 0. The molecule has 0 unspecified atom stereocenters. The van der Waals surface area contributed by atoms with Crippen molar-refractivity contribution in [1.29, 1.82) is 0 Å². The van der Waals surface area contributed by atoms with Crippen LogP contribution in [0.2, 0.25) is 0 Å². The molecule has 4 N–H and O–H groups in total. The number of Topliss-reactive ketones (excluding diaryl/α,β-unsaturated/α-hetero) is 2. The molecular weight excluding hydrogens is 579 g/mol. The van der Waals surface area contributed by atoms with Crippen molar-refractivity contribution in [3.63, 3.8) is 0 Å². The maximum Gasteiger partial charge on any atom is 0.150 e. The molecule has 2 aromatic rings. The van der Waals surface area contributed by atoms with Crippen molar-refractivity contribution in [2.24, 2.45) is 11.5 Å². The van der Waals surface area contributed by atoms with Crippen molar-refractivity contribution in [2.45, 2.75) is 89.1 Å². The molecule has 0 aliphatic rings. The van der Waals surface area contributed by atoms with Crippen molar-refractivity contribution in [2.75, 3.05) is 23.0 Å². The largest absolute Gasteiger partial charge is 0.321 e. The minimum absolute atomic E-state index is 0. The zero-order valence-corrected chi connectivity index (χ0v) is 27.1. The molecule has 0 saturated carbocycles. The molecular formula is C32H50Cl2N2O2S2. The molecule has 0 heterocycles. The van der Waals surface area contributed by atoms with Crippen LogP contribution in [0.1, 0.15) is 75.3 Å². The molecule has 40 heavy (non-hydrogen) atoms. The maximum absolute atomic E-state index is 12.2. The van der Waals surface area contributed by atoms with Gasteiger partial charge in [-0.25, -0.2) is 0 Å². The van der Waals surface area contributed by atoms with Gasteiger partial charge in [0.25, 0.3) is 0 Å². The van der Waals surface area contributed by atoms with Gasteiger partial charge in [0.2, 0.25) is 0 Å². The highest BCUT2D eigenvalue weighted by atomic mass is 35.5. The van der Waals surface area contributed by atoms with E-state index in [2.05, 4.69) is 0 Å². The topological polar surface area (TPSA) is 86.2 Å². The van der Waals surface area contributed by atoms with Gasteiger partial charge in [0, 0.05) is 24.3 Å². The highest BCUT2D eigenvalue weighted by Gasteiger charge is 2.14. The van der Waals surface area contributed by atoms with Crippen LogP contribution in [0.25, 0.3) is 0 Å². The van der Waals surface area contributed by atoms with Gasteiger partial charge >= 0.3 is 0 Å². The number of rotatable bonds is 23. The number of nitrogens with two attached hydrogens (primary N) is 2. The number of hydrogen-bond acceptors (Lipinski definition) is 6. The van der Waals surface area contributed by atoms with Crippen LogP contribution in [0.5, 0.6) is 0 Å². The quantitative estimate of drug-likeness (QED) is 0.124. The molecule has 0 fully saturated rings. The fourth-order valence-electron chi connectivity index (χ4n) is 4.35. The molecule has 0 saturated heterocycles. The summed E-state index contributed by atoms with van der Waals surface area (Å²) >= 11 is 3.77. The predicted octanol–water partition coefficient (Wildman–Crippen LogP) is 7.48. The number of thioether (sulfide) groups is 2. The number of carbonyl (C=O) groups is 2. The number of hydrogen-bond donors (Lipinski definition) is 2. The second-order valence-corrected chi connectivity index (χ2v) is 12.5. The lowest BCUT2D eigenvalue weighted by molar-refractivity contribution is -0.120. The SMILES string of the molecule is Cl.Cl.N[C@@H](Cc1ccccc1)C(=O)CCSCCCCCCCCCCSCCC(=O)[C@@H](N)Cc1ccccc1. The molecule has 0 aliphatic heterocycles. The fraction of sp³-hybridized carbons (Fsp3) is 0.562. The van der Waals surface area contributed by atoms with Crippen LogP contribution in [0.15, 0.2) is 60.7 Å². The Morgan fingerprint density at radius 2 is 0.850 bits per heavy atom. The molecule has 2 atom stereocenters. The lowest BCUT2D eigenvalue weighted by Gasteiger charge is -2.10. The molecule has 8 heteroatoms. The second kappa shape index (κ2) is 25.7. The zero-order valence-electron chi connectivity index (χ0n) is 23.8. The van der Waals surface area contributed by atoms with E-state index in [0.29, 0.717) is 25.7 Å². The fourth-order valence-corrected chi connectivity index (χ4v) is 6.27. The highest BCUT2D eigenvalue weighted by molar-refractivity contribution is 7.99. The summed E-state index contributed by atoms with van der Waals surface area (Å²) in [5.74, 6) is 4.39. The van der Waals surface area contributed by atoms with Crippen LogP contribution >= 0.6 is 48.3 Å². The second-order valence-electron chi connectivity index (χ2n) is 10.1. The van der Waals surface area contributed by atoms with E-state index in [9.17, 15) is 9.59 Å². The number of ketones is 2. The smallest absolute Gasteiger partial charge is 0.150 e. The Morgan fingerprint density at radius 3 is 1.20 bits per heavy atom. The van der Waals surface area contributed by atoms with E-state index in [1.165, 1.54) is 51.4 Å². The van der Waals surface area contributed by atoms with Crippen LogP contribution < -0.4 is 11.5 Å². The Labute approximate surface area is 263 Å². The van der Waals surface area contributed by atoms with Crippen molar-refractivity contribution in [1.82, 2.24) is 0 Å². The molecule has 0 aromatic heterocycles. The standard InChI is InChI=1S/C32H48N2O2S2.2ClH/c33-29(25-27-15-9-7-10-16-27)31(35)19-23-37-21-13-5-3-1-2-4-6-14-22-38-24-20-32(36)30(34)26-28-17-11-8-12-18-28;;/h7-12,15-18,29-30H,1-6,13-14,19-26,33-34H2;2*1H/t29-,30-;;/m0../s1. The van der Waals surface area contributed by atoms with Crippen LogP contribution in [0.3, 0.4) is 0 Å². The molecule has 0 amide bonds. The lowest BCUT2D eigenvalue weighted by atomic mass is 10.0. The molecule has 4 nitrogen and oxygen atoms in total. The van der Waals surface area contributed by atoms with Crippen LogP contribution in [0.4, 0.5) is 0 Å². The Balaban J connectivity index is 0.00000760. The van der Waals surface area contributed by atoms with Crippen molar-refractivity contribution < 1.29 is 9.59 Å². The third-order valence-corrected chi connectivity index (χ3v) is 8.88. The Kier molecular flexibility index (Phi) is 25.0. The van der Waals surface area contributed by atoms with Crippen LogP contribution in [0, 0.1) is 0 Å². The van der Waals surface area contributed by atoms with E-state index in [1.54, 1.807) is 0 Å². The normalized spacial score (nSPS) is 12.2. The van der Waals surface area contributed by atoms with E-state index >= 15 is 0 Å². The average molecular weight is 630 g/mol. The van der Waals surface area contributed by atoms with Crippen LogP contribution in [-0.2, 0) is 22.4 Å². The van der Waals surface area contributed by atoms with E-state index in [0.717, 1.165) is 34.1 Å². The summed E-state index contributed by atoms with van der Waals surface area (Å²) in [5.41, 5.74) is 14.4. The third kappa shape index (κ3) is 19.2. The highest BCUT2D eigenvalue weighted by Crippen LogP contribution is 2.15. The first-order chi connectivity index (χ1) is 18.6. The summed E-state index contributed by atoms with van der Waals surface area (Å²) in [7, 11) is 0. The Morgan fingerprint density at radius 1 is 0.525 bits per heavy atom. The van der Waals surface area contributed by atoms with Gasteiger partial charge in [0.1, 0.15) is 0 Å². The van der Waals surface area contributed by atoms with Crippen molar-refractivity contribution >= 4 is 59.9 Å². The van der Waals surface area contributed by atoms with Gasteiger partial charge in [-0.1, -0.05) is 99.2 Å². The summed E-state index contributed by atoms with van der Waals surface area (Å²) in [5, 5.41) is 0. The molecule has 0 spiro atoms. The average Bonchev–Trinajstić information content (AvgIpc) is 2.93. The van der Waals surface area contributed by atoms with E-state index in [-0.39, 0.29) is 48.5 Å². The van der Waals surface area contributed by atoms with E-state index in [1.807, 2.05) is 84.2 Å². The first-order valence-electron chi connectivity index (χ1n) is 14.4. The Bertz CT molecular complexity index is 817. The van der Waals surface area contributed by atoms with Gasteiger partial charge in [-0.2, -0.15) is 23.5 Å². The van der Waals surface area contributed by atoms with Gasteiger partial charge in [-0.3, -0.25) is 9.59 Å². The summed E-state index contributed by atoms with van der Waals surface area (Å²) in [6.07, 6.45) is 12.7. The molecule has 0 bridgehead atoms. The zero-order chi connectivity index (χ0) is 27.3. The van der Waals surface area contributed by atoms with Crippen molar-refractivity contribution in [3.8, 4) is 0 Å². The maximum atomic E-state index is 12.2. The summed E-state index contributed by atoms with van der Waals surface area (Å²) in [4.78, 5) is 24.5. The van der Waals surface area contributed by atoms with Crippen LogP contribution in [-0.4, -0.2) is 46.7 Å².